The summed E-state index contributed by atoms with van der Waals surface area (Å²) in [6.45, 7) is 3.61. The van der Waals surface area contributed by atoms with Crippen LogP contribution in [0.15, 0.2) is 0 Å². The molecule has 1 heterocycles. The van der Waals surface area contributed by atoms with Gasteiger partial charge in [0.25, 0.3) is 0 Å². The molecule has 0 bridgehead atoms. The molecule has 0 spiro atoms. The van der Waals surface area contributed by atoms with Crippen LogP contribution in [0.5, 0.6) is 0 Å². The number of thioether (sulfide) groups is 1. The lowest BCUT2D eigenvalue weighted by atomic mass is 10.1. The third-order valence-corrected chi connectivity index (χ3v) is 3.32. The van der Waals surface area contributed by atoms with Crippen LogP contribution in [0.2, 0.25) is 0 Å². The minimum atomic E-state index is 0.410. The zero-order chi connectivity index (χ0) is 8.81. The number of nitrogens with zero attached hydrogens (tertiary/aromatic N) is 1. The van der Waals surface area contributed by atoms with Gasteiger partial charge >= 0.3 is 0 Å². The molecule has 1 aliphatic heterocycles. The fraction of sp³-hybridized carbons (Fsp3) is 1.00. The van der Waals surface area contributed by atoms with Gasteiger partial charge in [0, 0.05) is 11.9 Å². The van der Waals surface area contributed by atoms with Crippen molar-refractivity contribution in [1.82, 2.24) is 4.90 Å². The second-order valence-corrected chi connectivity index (χ2v) is 4.99. The van der Waals surface area contributed by atoms with Crippen LogP contribution in [0.25, 0.3) is 0 Å². The predicted molar refractivity (Wildman–Crippen MR) is 58.3 cm³/mol. The molecule has 0 amide bonds. The summed E-state index contributed by atoms with van der Waals surface area (Å²) in [5.41, 5.74) is 0. The predicted octanol–water partition coefficient (Wildman–Crippen LogP) is 2.44. The van der Waals surface area contributed by atoms with Gasteiger partial charge in [0.05, 0.1) is 0 Å². The van der Waals surface area contributed by atoms with Crippen LogP contribution >= 0.6 is 23.4 Å². The maximum absolute atomic E-state index is 6.08. The molecule has 72 valence electrons. The Bertz CT molecular complexity index is 121. The van der Waals surface area contributed by atoms with Gasteiger partial charge in [-0.15, -0.1) is 11.6 Å². The van der Waals surface area contributed by atoms with Crippen molar-refractivity contribution in [3.8, 4) is 0 Å². The standard InChI is InChI=1S/C9H18ClNS/c1-12-7-3-6-11-5-2-4-9(10)8-11/h9H,2-8H2,1H3. The maximum Gasteiger partial charge on any atom is 0.0463 e. The average molecular weight is 208 g/mol. The van der Waals surface area contributed by atoms with Gasteiger partial charge in [-0.05, 0) is 44.4 Å². The highest BCUT2D eigenvalue weighted by Crippen LogP contribution is 2.15. The number of alkyl halides is 1. The molecular formula is C9H18ClNS. The van der Waals surface area contributed by atoms with Gasteiger partial charge in [0.15, 0.2) is 0 Å². The molecule has 0 aromatic heterocycles. The molecule has 12 heavy (non-hydrogen) atoms. The van der Waals surface area contributed by atoms with Crippen molar-refractivity contribution in [2.45, 2.75) is 24.6 Å². The van der Waals surface area contributed by atoms with Gasteiger partial charge in [0.2, 0.25) is 0 Å². The van der Waals surface area contributed by atoms with E-state index in [9.17, 15) is 0 Å². The van der Waals surface area contributed by atoms with E-state index in [2.05, 4.69) is 11.2 Å². The Labute approximate surface area is 84.8 Å². The molecule has 0 aromatic carbocycles. The van der Waals surface area contributed by atoms with Crippen molar-refractivity contribution >= 4 is 23.4 Å². The third-order valence-electron chi connectivity index (χ3n) is 2.27. The molecule has 0 saturated carbocycles. The molecule has 1 rings (SSSR count). The lowest BCUT2D eigenvalue weighted by Gasteiger charge is -2.29. The minimum absolute atomic E-state index is 0.410. The van der Waals surface area contributed by atoms with E-state index < -0.39 is 0 Å². The summed E-state index contributed by atoms with van der Waals surface area (Å²) in [6.07, 6.45) is 5.97. The second-order valence-electron chi connectivity index (χ2n) is 3.39. The topological polar surface area (TPSA) is 3.24 Å². The molecule has 0 aromatic rings. The summed E-state index contributed by atoms with van der Waals surface area (Å²) in [5, 5.41) is 0.410. The summed E-state index contributed by atoms with van der Waals surface area (Å²) in [6, 6.07) is 0. The van der Waals surface area contributed by atoms with Gasteiger partial charge < -0.3 is 4.90 Å². The van der Waals surface area contributed by atoms with Crippen LogP contribution in [-0.4, -0.2) is 41.9 Å². The summed E-state index contributed by atoms with van der Waals surface area (Å²) in [4.78, 5) is 2.50. The van der Waals surface area contributed by atoms with Crippen molar-refractivity contribution in [3.63, 3.8) is 0 Å². The number of rotatable bonds is 4. The van der Waals surface area contributed by atoms with E-state index in [4.69, 9.17) is 11.6 Å². The summed E-state index contributed by atoms with van der Waals surface area (Å²) >= 11 is 8.01. The SMILES string of the molecule is CSCCCN1CCCC(Cl)C1. The van der Waals surface area contributed by atoms with Crippen LogP contribution in [-0.2, 0) is 0 Å². The van der Waals surface area contributed by atoms with E-state index in [0.29, 0.717) is 5.38 Å². The van der Waals surface area contributed by atoms with Crippen molar-refractivity contribution < 1.29 is 0 Å². The molecule has 1 saturated heterocycles. The first-order chi connectivity index (χ1) is 5.83. The maximum atomic E-state index is 6.08. The molecule has 0 N–H and O–H groups in total. The minimum Gasteiger partial charge on any atom is -0.302 e. The first-order valence-electron chi connectivity index (χ1n) is 4.68. The normalized spacial score (nSPS) is 26.0. The molecule has 0 radical (unpaired) electrons. The first kappa shape index (κ1) is 10.7. The zero-order valence-electron chi connectivity index (χ0n) is 7.76. The van der Waals surface area contributed by atoms with Crippen LogP contribution in [0.3, 0.4) is 0 Å². The van der Waals surface area contributed by atoms with E-state index in [1.165, 1.54) is 38.1 Å². The highest BCUT2D eigenvalue weighted by Gasteiger charge is 2.16. The Morgan fingerprint density at radius 1 is 1.58 bits per heavy atom. The Morgan fingerprint density at radius 3 is 3.08 bits per heavy atom. The van der Waals surface area contributed by atoms with E-state index in [0.717, 1.165) is 6.54 Å². The summed E-state index contributed by atoms with van der Waals surface area (Å²) < 4.78 is 0. The van der Waals surface area contributed by atoms with Crippen LogP contribution < -0.4 is 0 Å². The van der Waals surface area contributed by atoms with Crippen molar-refractivity contribution in [2.24, 2.45) is 0 Å². The quantitative estimate of drug-likeness (QED) is 0.515. The van der Waals surface area contributed by atoms with E-state index >= 15 is 0 Å². The van der Waals surface area contributed by atoms with E-state index in [1.807, 2.05) is 11.8 Å². The smallest absolute Gasteiger partial charge is 0.0463 e. The molecule has 3 heteroatoms. The fourth-order valence-corrected chi connectivity index (χ4v) is 2.40. The Kier molecular flexibility index (Phi) is 5.44. The molecule has 1 nitrogen and oxygen atoms in total. The molecule has 0 aliphatic carbocycles. The van der Waals surface area contributed by atoms with Gasteiger partial charge in [-0.2, -0.15) is 11.8 Å². The molecule has 1 atom stereocenters. The second kappa shape index (κ2) is 6.11. The van der Waals surface area contributed by atoms with E-state index in [-0.39, 0.29) is 0 Å². The van der Waals surface area contributed by atoms with Gasteiger partial charge in [-0.25, -0.2) is 0 Å². The zero-order valence-corrected chi connectivity index (χ0v) is 9.33. The number of hydrogen-bond acceptors (Lipinski definition) is 2. The number of hydrogen-bond donors (Lipinski definition) is 0. The molecule has 1 aliphatic rings. The Morgan fingerprint density at radius 2 is 2.42 bits per heavy atom. The number of likely N-dealkylation sites (tertiary alicyclic amines) is 1. The largest absolute Gasteiger partial charge is 0.302 e. The van der Waals surface area contributed by atoms with Crippen molar-refractivity contribution in [2.75, 3.05) is 31.6 Å². The van der Waals surface area contributed by atoms with Crippen LogP contribution in [0, 0.1) is 0 Å². The van der Waals surface area contributed by atoms with Gasteiger partial charge in [-0.1, -0.05) is 0 Å². The highest BCUT2D eigenvalue weighted by atomic mass is 35.5. The van der Waals surface area contributed by atoms with Gasteiger partial charge in [0.1, 0.15) is 0 Å². The Hall–Kier alpha value is 0.600. The first-order valence-corrected chi connectivity index (χ1v) is 6.51. The van der Waals surface area contributed by atoms with Crippen LogP contribution in [0.1, 0.15) is 19.3 Å². The summed E-state index contributed by atoms with van der Waals surface area (Å²) in [7, 11) is 0. The number of piperidine rings is 1. The Balaban J connectivity index is 2.06. The average Bonchev–Trinajstić information content (AvgIpc) is 2.05. The van der Waals surface area contributed by atoms with Crippen molar-refractivity contribution in [3.05, 3.63) is 0 Å². The lowest BCUT2D eigenvalue weighted by molar-refractivity contribution is 0.233. The fourth-order valence-electron chi connectivity index (χ4n) is 1.63. The summed E-state index contributed by atoms with van der Waals surface area (Å²) in [5.74, 6) is 1.28. The van der Waals surface area contributed by atoms with Crippen LogP contribution in [0.4, 0.5) is 0 Å². The monoisotopic (exact) mass is 207 g/mol. The molecule has 1 fully saturated rings. The number of halogens is 1. The lowest BCUT2D eigenvalue weighted by Crippen LogP contribution is -2.36. The van der Waals surface area contributed by atoms with Gasteiger partial charge in [-0.3, -0.25) is 0 Å². The van der Waals surface area contributed by atoms with E-state index in [1.54, 1.807) is 0 Å². The molecule has 1 unspecified atom stereocenters. The van der Waals surface area contributed by atoms with Crippen molar-refractivity contribution in [1.29, 1.82) is 0 Å². The highest BCUT2D eigenvalue weighted by molar-refractivity contribution is 7.98. The third kappa shape index (κ3) is 4.01. The molecular weight excluding hydrogens is 190 g/mol.